The molecule has 0 aliphatic carbocycles. The Labute approximate surface area is 179 Å². The van der Waals surface area contributed by atoms with Gasteiger partial charge in [0.05, 0.1) is 24.4 Å². The van der Waals surface area contributed by atoms with E-state index in [0.717, 1.165) is 0 Å². The second kappa shape index (κ2) is 9.79. The molecule has 0 aromatic heterocycles. The molecular formula is C19H34O12. The fourth-order valence-electron chi connectivity index (χ4n) is 4.18. The van der Waals surface area contributed by atoms with Gasteiger partial charge in [0, 0.05) is 0 Å². The van der Waals surface area contributed by atoms with Crippen LogP contribution in [0.3, 0.4) is 0 Å². The van der Waals surface area contributed by atoms with Crippen molar-refractivity contribution in [2.75, 3.05) is 0 Å². The minimum absolute atomic E-state index is 0.609. The van der Waals surface area contributed by atoms with Crippen molar-refractivity contribution >= 4 is 0 Å². The Kier molecular flexibility index (Phi) is 7.94. The summed E-state index contributed by atoms with van der Waals surface area (Å²) in [6.07, 6.45) is -17.9. The summed E-state index contributed by atoms with van der Waals surface area (Å²) >= 11 is 0. The van der Waals surface area contributed by atoms with Crippen molar-refractivity contribution in [2.45, 2.75) is 120 Å². The van der Waals surface area contributed by atoms with E-state index in [2.05, 4.69) is 0 Å². The van der Waals surface area contributed by atoms with E-state index in [4.69, 9.17) is 23.7 Å². The third-order valence-corrected chi connectivity index (χ3v) is 6.23. The van der Waals surface area contributed by atoms with Crippen LogP contribution < -0.4 is 0 Å². The van der Waals surface area contributed by atoms with Crippen LogP contribution >= 0.6 is 0 Å². The van der Waals surface area contributed by atoms with Gasteiger partial charge >= 0.3 is 0 Å². The summed E-state index contributed by atoms with van der Waals surface area (Å²) in [5.41, 5.74) is 0. The van der Waals surface area contributed by atoms with Gasteiger partial charge in [0.1, 0.15) is 54.9 Å². The van der Waals surface area contributed by atoms with Crippen molar-refractivity contribution in [3.05, 3.63) is 0 Å². The summed E-state index contributed by atoms with van der Waals surface area (Å²) in [4.78, 5) is 0. The highest BCUT2D eigenvalue weighted by Gasteiger charge is 2.51. The van der Waals surface area contributed by atoms with Crippen LogP contribution in [0.25, 0.3) is 0 Å². The second-order valence-corrected chi connectivity index (χ2v) is 8.60. The zero-order valence-electron chi connectivity index (χ0n) is 17.8. The molecule has 0 saturated carbocycles. The summed E-state index contributed by atoms with van der Waals surface area (Å²) in [6, 6.07) is 0. The second-order valence-electron chi connectivity index (χ2n) is 8.60. The van der Waals surface area contributed by atoms with Gasteiger partial charge in [-0.05, 0) is 27.7 Å². The Bertz CT molecular complexity index is 594. The van der Waals surface area contributed by atoms with Gasteiger partial charge < -0.3 is 59.4 Å². The van der Waals surface area contributed by atoms with Crippen LogP contribution in [0, 0.1) is 0 Å². The maximum Gasteiger partial charge on any atom is 0.187 e. The third-order valence-electron chi connectivity index (χ3n) is 6.23. The molecule has 0 aromatic carbocycles. The van der Waals surface area contributed by atoms with E-state index >= 15 is 0 Å². The van der Waals surface area contributed by atoms with E-state index in [1.807, 2.05) is 0 Å². The highest BCUT2D eigenvalue weighted by molar-refractivity contribution is 4.95. The normalized spacial score (nSPS) is 56.4. The number of aliphatic hydroxyl groups is 7. The van der Waals surface area contributed by atoms with Crippen molar-refractivity contribution in [1.82, 2.24) is 0 Å². The highest BCUT2D eigenvalue weighted by Crippen LogP contribution is 2.32. The van der Waals surface area contributed by atoms with Crippen LogP contribution in [0.5, 0.6) is 0 Å². The minimum Gasteiger partial charge on any atom is -0.388 e. The lowest BCUT2D eigenvalue weighted by Crippen LogP contribution is -2.64. The first-order valence-electron chi connectivity index (χ1n) is 10.5. The minimum atomic E-state index is -1.61. The Morgan fingerprint density at radius 3 is 1.32 bits per heavy atom. The molecule has 3 aliphatic heterocycles. The van der Waals surface area contributed by atoms with Crippen LogP contribution in [-0.2, 0) is 23.7 Å². The Morgan fingerprint density at radius 2 is 0.774 bits per heavy atom. The van der Waals surface area contributed by atoms with Crippen molar-refractivity contribution in [2.24, 2.45) is 0 Å². The number of hydrogen-bond acceptors (Lipinski definition) is 12. The molecule has 3 rings (SSSR count). The fraction of sp³-hybridized carbons (Fsp3) is 1.00. The number of rotatable bonds is 4. The van der Waals surface area contributed by atoms with Gasteiger partial charge in [0.15, 0.2) is 12.6 Å². The monoisotopic (exact) mass is 454 g/mol. The lowest BCUT2D eigenvalue weighted by molar-refractivity contribution is -0.365. The van der Waals surface area contributed by atoms with E-state index in [1.165, 1.54) is 13.8 Å². The van der Waals surface area contributed by atoms with Crippen LogP contribution in [0.15, 0.2) is 0 Å². The highest BCUT2D eigenvalue weighted by atomic mass is 16.7. The van der Waals surface area contributed by atoms with Crippen molar-refractivity contribution in [3.8, 4) is 0 Å². The van der Waals surface area contributed by atoms with Gasteiger partial charge in [-0.3, -0.25) is 0 Å². The van der Waals surface area contributed by atoms with Crippen molar-refractivity contribution in [1.29, 1.82) is 0 Å². The summed E-state index contributed by atoms with van der Waals surface area (Å²) in [6.45, 7) is 6.27. The van der Waals surface area contributed by atoms with E-state index < -0.39 is 91.9 Å². The van der Waals surface area contributed by atoms with Gasteiger partial charge in [-0.1, -0.05) is 0 Å². The number of hydrogen-bond donors (Lipinski definition) is 7. The molecule has 12 nitrogen and oxygen atoms in total. The lowest BCUT2D eigenvalue weighted by atomic mass is 9.95. The Morgan fingerprint density at radius 1 is 0.419 bits per heavy atom. The molecule has 7 N–H and O–H groups in total. The average Bonchev–Trinajstić information content (AvgIpc) is 2.72. The van der Waals surface area contributed by atoms with Gasteiger partial charge in [-0.2, -0.15) is 0 Å². The summed E-state index contributed by atoms with van der Waals surface area (Å²) in [5.74, 6) is 0. The van der Waals surface area contributed by atoms with Crippen molar-refractivity contribution < 1.29 is 59.4 Å². The smallest absolute Gasteiger partial charge is 0.187 e. The molecule has 0 radical (unpaired) electrons. The van der Waals surface area contributed by atoms with E-state index in [0.29, 0.717) is 0 Å². The zero-order chi connectivity index (χ0) is 23.2. The molecular weight excluding hydrogens is 420 g/mol. The quantitative estimate of drug-likeness (QED) is 0.223. The van der Waals surface area contributed by atoms with Gasteiger partial charge in [-0.15, -0.1) is 0 Å². The first-order chi connectivity index (χ1) is 14.4. The molecule has 3 heterocycles. The molecule has 182 valence electrons. The van der Waals surface area contributed by atoms with E-state index in [9.17, 15) is 35.7 Å². The van der Waals surface area contributed by atoms with Crippen LogP contribution in [0.1, 0.15) is 27.7 Å². The molecule has 3 aliphatic rings. The molecule has 0 aromatic rings. The first kappa shape index (κ1) is 25.1. The fourth-order valence-corrected chi connectivity index (χ4v) is 4.18. The molecule has 31 heavy (non-hydrogen) atoms. The van der Waals surface area contributed by atoms with E-state index in [-0.39, 0.29) is 0 Å². The predicted molar refractivity (Wildman–Crippen MR) is 100 cm³/mol. The molecule has 0 amide bonds. The SMILES string of the molecule is CC1OC(C)[C@H](OC2OC(C)[C@H](OC3OC(C)[C@H](O)C(O)[C@@H]3O)C(O)[C@@H]2O)C(O)[C@@H]1O. The van der Waals surface area contributed by atoms with Crippen LogP contribution in [0.2, 0.25) is 0 Å². The molecule has 12 heteroatoms. The topological polar surface area (TPSA) is 188 Å². The standard InChI is InChI=1S/C19H34O12/c1-5-10(21)12(23)16(7(3)27-5)30-19-15(26)13(24)17(8(4)29-19)31-18-14(25)11(22)9(20)6(2)28-18/h5-26H,1-4H3/t5?,6?,7?,8?,9-,10+,11?,12?,13?,14-,15-,16-,17-,18?,19?/m0/s1. The maximum atomic E-state index is 10.6. The number of aliphatic hydroxyl groups excluding tert-OH is 7. The van der Waals surface area contributed by atoms with E-state index in [1.54, 1.807) is 13.8 Å². The number of ether oxygens (including phenoxy) is 5. The summed E-state index contributed by atoms with van der Waals surface area (Å²) < 4.78 is 27.8. The first-order valence-corrected chi connectivity index (χ1v) is 10.5. The van der Waals surface area contributed by atoms with Crippen LogP contribution in [0.4, 0.5) is 0 Å². The average molecular weight is 454 g/mol. The summed E-state index contributed by atoms with van der Waals surface area (Å²) in [5, 5.41) is 71.4. The molecule has 0 bridgehead atoms. The molecule has 15 atom stereocenters. The molecule has 9 unspecified atom stereocenters. The summed E-state index contributed by atoms with van der Waals surface area (Å²) in [7, 11) is 0. The van der Waals surface area contributed by atoms with Gasteiger partial charge in [0.25, 0.3) is 0 Å². The van der Waals surface area contributed by atoms with Gasteiger partial charge in [0.2, 0.25) is 0 Å². The lowest BCUT2D eigenvalue weighted by Gasteiger charge is -2.47. The van der Waals surface area contributed by atoms with Crippen molar-refractivity contribution in [3.63, 3.8) is 0 Å². The molecule has 3 fully saturated rings. The zero-order valence-corrected chi connectivity index (χ0v) is 17.8. The third kappa shape index (κ3) is 4.90. The molecule has 0 spiro atoms. The Balaban J connectivity index is 1.65. The molecule has 3 saturated heterocycles. The predicted octanol–water partition coefficient (Wildman–Crippen LogP) is -3.42. The maximum absolute atomic E-state index is 10.6. The van der Waals surface area contributed by atoms with Crippen LogP contribution in [-0.4, -0.2) is 128 Å². The Hall–Kier alpha value is -0.480. The van der Waals surface area contributed by atoms with Gasteiger partial charge in [-0.25, -0.2) is 0 Å². The largest absolute Gasteiger partial charge is 0.388 e.